The number of methoxy groups -OCH3 is 1. The number of hydrogen-bond acceptors (Lipinski definition) is 13. The highest BCUT2D eigenvalue weighted by molar-refractivity contribution is 6.23. The van der Waals surface area contributed by atoms with E-state index in [0.717, 1.165) is 35.1 Å². The Bertz CT molecular complexity index is 2680. The molecule has 20 heteroatoms. The first kappa shape index (κ1) is 47.0. The van der Waals surface area contributed by atoms with Crippen molar-refractivity contribution in [3.8, 4) is 5.75 Å². The van der Waals surface area contributed by atoms with E-state index in [1.807, 2.05) is 29.2 Å². The van der Waals surface area contributed by atoms with Crippen LogP contribution in [0.3, 0.4) is 0 Å². The van der Waals surface area contributed by atoms with E-state index in [2.05, 4.69) is 26.8 Å². The average molecular weight is 952 g/mol. The molecule has 4 saturated heterocycles. The van der Waals surface area contributed by atoms with Crippen molar-refractivity contribution in [1.82, 2.24) is 20.0 Å². The average Bonchev–Trinajstić information content (AvgIpc) is 3.77. The maximum absolute atomic E-state index is 14.6. The van der Waals surface area contributed by atoms with Crippen molar-refractivity contribution in [2.45, 2.75) is 75.3 Å². The molecule has 4 fully saturated rings. The fraction of sp³-hybridized carbons (Fsp3) is 0.429. The number of ether oxygens (including phenoxy) is 1. The summed E-state index contributed by atoms with van der Waals surface area (Å²) in [6, 6.07) is 14.4. The quantitative estimate of drug-likeness (QED) is 0.143. The summed E-state index contributed by atoms with van der Waals surface area (Å²) in [4.78, 5) is 91.2. The van der Waals surface area contributed by atoms with Crippen LogP contribution in [-0.2, 0) is 20.6 Å². The maximum Gasteiger partial charge on any atom is 0.417 e. The summed E-state index contributed by atoms with van der Waals surface area (Å²) in [5, 5.41) is 2.19. The van der Waals surface area contributed by atoms with E-state index in [1.54, 1.807) is 36.1 Å². The van der Waals surface area contributed by atoms with Gasteiger partial charge < -0.3 is 35.8 Å². The zero-order valence-electron chi connectivity index (χ0n) is 38.1. The maximum atomic E-state index is 14.6. The lowest BCUT2D eigenvalue weighted by Crippen LogP contribution is -2.54. The minimum Gasteiger partial charge on any atom is -0.496 e. The van der Waals surface area contributed by atoms with Crippen LogP contribution in [0.1, 0.15) is 93.2 Å². The highest BCUT2D eigenvalue weighted by Gasteiger charge is 2.46. The van der Waals surface area contributed by atoms with Crippen LogP contribution in [-0.4, -0.2) is 139 Å². The molecule has 0 saturated carbocycles. The SMILES string of the molecule is C=N/C(N)=C(\CC(N)c1ccccc1OC)N1CC2CCC(C1)N2c1ccc(C(F)(F)F)c(C(=O)N2CC=[N+](C(=O)C3CCN(c4ccc5c(c4)C(=O)N(C4CCC(=O)NC4=O)C5=O)CC3)CC2)c1. The van der Waals surface area contributed by atoms with Crippen LogP contribution >= 0.6 is 0 Å². The number of anilines is 2. The summed E-state index contributed by atoms with van der Waals surface area (Å²) in [5.74, 6) is -2.72. The molecule has 0 spiro atoms. The number of carbonyl (C=O) groups is 6. The molecule has 5 N–H and O–H groups in total. The Labute approximate surface area is 396 Å². The van der Waals surface area contributed by atoms with E-state index in [9.17, 15) is 41.9 Å². The number of nitrogens with zero attached hydrogens (tertiary/aromatic N) is 7. The Morgan fingerprint density at radius 2 is 1.59 bits per heavy atom. The molecule has 0 aromatic heterocycles. The zero-order chi connectivity index (χ0) is 48.9. The van der Waals surface area contributed by atoms with Gasteiger partial charge in [-0.15, -0.1) is 0 Å². The number of benzene rings is 3. The molecule has 6 heterocycles. The van der Waals surface area contributed by atoms with Crippen LogP contribution in [0, 0.1) is 5.92 Å². The van der Waals surface area contributed by atoms with Gasteiger partial charge in [0.2, 0.25) is 11.8 Å². The van der Waals surface area contributed by atoms with Gasteiger partial charge >= 0.3 is 12.1 Å². The van der Waals surface area contributed by atoms with Crippen LogP contribution in [0.2, 0.25) is 0 Å². The minimum absolute atomic E-state index is 0.0169. The molecule has 0 aliphatic carbocycles. The van der Waals surface area contributed by atoms with E-state index in [4.69, 9.17) is 16.2 Å². The summed E-state index contributed by atoms with van der Waals surface area (Å²) in [6.45, 7) is 5.68. The van der Waals surface area contributed by atoms with Crippen molar-refractivity contribution >= 4 is 59.7 Å². The van der Waals surface area contributed by atoms with Gasteiger partial charge in [0.15, 0.2) is 12.8 Å². The highest BCUT2D eigenvalue weighted by Crippen LogP contribution is 2.41. The number of hydrogen-bond donors (Lipinski definition) is 3. The highest BCUT2D eigenvalue weighted by atomic mass is 19.4. The first-order valence-corrected chi connectivity index (χ1v) is 23.2. The van der Waals surface area contributed by atoms with Gasteiger partial charge in [0.05, 0.1) is 54.1 Å². The number of rotatable bonds is 11. The Morgan fingerprint density at radius 1 is 0.899 bits per heavy atom. The molecule has 4 unspecified atom stereocenters. The Balaban J connectivity index is 0.839. The molecule has 3 aromatic carbocycles. The lowest BCUT2D eigenvalue weighted by Gasteiger charge is -2.45. The third-order valence-electron chi connectivity index (χ3n) is 14.5. The third kappa shape index (κ3) is 8.92. The molecule has 17 nitrogen and oxygen atoms in total. The fourth-order valence-corrected chi connectivity index (χ4v) is 10.9. The van der Waals surface area contributed by atoms with Gasteiger partial charge in [-0.1, -0.05) is 18.2 Å². The molecule has 69 heavy (non-hydrogen) atoms. The van der Waals surface area contributed by atoms with E-state index < -0.39 is 58.9 Å². The van der Waals surface area contributed by atoms with Crippen molar-refractivity contribution in [3.05, 3.63) is 100.0 Å². The van der Waals surface area contributed by atoms with Crippen molar-refractivity contribution in [1.29, 1.82) is 0 Å². The standard InChI is InChI=1S/C49H53F3N10O7/c1-55-43(54)40(25-38(53)34-5-3-4-6-41(34)69-2)60-26-31-7-8-32(27-60)61(31)30-10-12-37(49(50,51)52)36(24-30)46(66)59-21-19-58(20-22-59)45(65)28-15-17-57(18-16-28)29-9-11-33-35(23-29)48(68)62(47(33)67)39-13-14-42(63)56-44(39)64/h3-6,9-12,19,23-24,28,31-32,38-39H,1,7-8,13-18,20-22,25-27,53-54H2,2H3/p+1/b43-40+. The summed E-state index contributed by atoms with van der Waals surface area (Å²) >= 11 is 0. The van der Waals surface area contributed by atoms with E-state index in [-0.39, 0.29) is 73.3 Å². The summed E-state index contributed by atoms with van der Waals surface area (Å²) < 4.78 is 50.9. The van der Waals surface area contributed by atoms with Crippen molar-refractivity contribution in [2.75, 3.05) is 62.7 Å². The van der Waals surface area contributed by atoms with Crippen molar-refractivity contribution in [2.24, 2.45) is 22.4 Å². The molecular formula is C49H54F3N10O7+. The molecule has 6 amide bonds. The number of carbonyl (C=O) groups excluding carboxylic acids is 6. The number of alkyl halides is 3. The number of para-hydroxylation sites is 1. The summed E-state index contributed by atoms with van der Waals surface area (Å²) in [5.41, 5.74) is 14.7. The normalized spacial score (nSPS) is 22.8. The Morgan fingerprint density at radius 3 is 2.25 bits per heavy atom. The van der Waals surface area contributed by atoms with Gasteiger partial charge in [0.25, 0.3) is 17.7 Å². The number of aliphatic imine (C=N–C) groups is 1. The second kappa shape index (κ2) is 18.8. The molecule has 362 valence electrons. The fourth-order valence-electron chi connectivity index (χ4n) is 10.9. The predicted molar refractivity (Wildman–Crippen MR) is 248 cm³/mol. The lowest BCUT2D eigenvalue weighted by atomic mass is 9.94. The van der Waals surface area contributed by atoms with E-state index in [0.29, 0.717) is 62.6 Å². The van der Waals surface area contributed by atoms with Gasteiger partial charge in [-0.25, -0.2) is 9.79 Å². The largest absolute Gasteiger partial charge is 0.496 e. The third-order valence-corrected chi connectivity index (χ3v) is 14.5. The first-order chi connectivity index (χ1) is 33.1. The van der Waals surface area contributed by atoms with Crippen LogP contribution in [0.4, 0.5) is 24.5 Å². The van der Waals surface area contributed by atoms with Crippen LogP contribution in [0.15, 0.2) is 77.2 Å². The number of piperazine rings is 1. The second-order valence-electron chi connectivity index (χ2n) is 18.4. The topological polar surface area (TPSA) is 207 Å². The number of nitrogens with one attached hydrogen (secondary N) is 1. The molecule has 2 bridgehead atoms. The van der Waals surface area contributed by atoms with Crippen molar-refractivity contribution in [3.63, 3.8) is 0 Å². The molecule has 4 atom stereocenters. The molecule has 9 rings (SSSR count). The van der Waals surface area contributed by atoms with Crippen molar-refractivity contribution < 1.29 is 51.3 Å². The molecular weight excluding hydrogens is 898 g/mol. The number of amides is 6. The Kier molecular flexibility index (Phi) is 12.8. The molecule has 0 radical (unpaired) electrons. The number of likely N-dealkylation sites (tertiary alicyclic amines) is 1. The molecule has 6 aliphatic heterocycles. The minimum atomic E-state index is -4.80. The van der Waals surface area contributed by atoms with E-state index >= 15 is 0 Å². The van der Waals surface area contributed by atoms with E-state index in [1.165, 1.54) is 17.0 Å². The van der Waals surface area contributed by atoms with Gasteiger partial charge in [-0.3, -0.25) is 34.2 Å². The number of halogens is 3. The smallest absolute Gasteiger partial charge is 0.417 e. The second-order valence-corrected chi connectivity index (χ2v) is 18.4. The monoisotopic (exact) mass is 951 g/mol. The predicted octanol–water partition coefficient (Wildman–Crippen LogP) is 3.67. The van der Waals surface area contributed by atoms with Gasteiger partial charge in [0, 0.05) is 74.1 Å². The molecule has 6 aliphatic rings. The van der Waals surface area contributed by atoms with Crippen LogP contribution in [0.5, 0.6) is 5.75 Å². The number of imide groups is 2. The van der Waals surface area contributed by atoms with Gasteiger partial charge in [-0.2, -0.15) is 17.7 Å². The summed E-state index contributed by atoms with van der Waals surface area (Å²) in [6.07, 6.45) is -0.320. The lowest BCUT2D eigenvalue weighted by molar-refractivity contribution is -0.454. The zero-order valence-corrected chi connectivity index (χ0v) is 38.1. The number of piperidine rings is 2. The summed E-state index contributed by atoms with van der Waals surface area (Å²) in [7, 11) is 1.58. The van der Waals surface area contributed by atoms with Gasteiger partial charge in [0.1, 0.15) is 17.6 Å². The first-order valence-electron chi connectivity index (χ1n) is 23.2. The number of fused-ring (bicyclic) bond motifs is 3. The molecule has 3 aromatic rings. The number of nitrogens with two attached hydrogens (primary N) is 2. The van der Waals surface area contributed by atoms with Crippen LogP contribution in [0.25, 0.3) is 0 Å². The van der Waals surface area contributed by atoms with Gasteiger partial charge in [-0.05, 0) is 81.3 Å². The Hall–Kier alpha value is -7.09. The van der Waals surface area contributed by atoms with Crippen LogP contribution < -0.4 is 31.3 Å².